The van der Waals surface area contributed by atoms with Gasteiger partial charge in [-0.25, -0.2) is 4.79 Å². The number of likely N-dealkylation sites (tertiary alicyclic amines) is 1. The summed E-state index contributed by atoms with van der Waals surface area (Å²) in [5.41, 5.74) is 0. The molecule has 116 valence electrons. The maximum atomic E-state index is 11.8. The van der Waals surface area contributed by atoms with E-state index in [1.54, 1.807) is 0 Å². The van der Waals surface area contributed by atoms with E-state index in [0.717, 1.165) is 12.0 Å². The molecule has 0 aromatic carbocycles. The minimum absolute atomic E-state index is 0.0438. The highest BCUT2D eigenvalue weighted by atomic mass is 19.4. The maximum absolute atomic E-state index is 11.8. The molecular weight excluding hydrogens is 283 g/mol. The van der Waals surface area contributed by atoms with E-state index in [1.807, 2.05) is 0 Å². The molecule has 0 aromatic heterocycles. The molecule has 1 N–H and O–H groups in total. The normalized spacial score (nSPS) is 22.9. The lowest BCUT2D eigenvalue weighted by Gasteiger charge is -2.22. The van der Waals surface area contributed by atoms with Gasteiger partial charge in [0.05, 0.1) is 26.2 Å². The van der Waals surface area contributed by atoms with Gasteiger partial charge in [-0.2, -0.15) is 13.2 Å². The molecule has 1 fully saturated rings. The molecule has 9 heteroatoms. The number of methoxy groups -OCH3 is 1. The van der Waals surface area contributed by atoms with Gasteiger partial charge in [-0.05, 0) is 0 Å². The Bertz CT molecular complexity index is 360. The average Bonchev–Trinajstić information content (AvgIpc) is 2.74. The molecule has 2 unspecified atom stereocenters. The highest BCUT2D eigenvalue weighted by molar-refractivity contribution is 5.85. The second kappa shape index (κ2) is 6.89. The van der Waals surface area contributed by atoms with Crippen molar-refractivity contribution in [2.45, 2.75) is 31.2 Å². The number of carbonyl (C=O) groups excluding carboxylic acids is 2. The van der Waals surface area contributed by atoms with E-state index in [9.17, 15) is 27.9 Å². The number of halogens is 3. The Kier molecular flexibility index (Phi) is 5.75. The number of carbonyl (C=O) groups is 2. The molecule has 6 nitrogen and oxygen atoms in total. The first-order valence-corrected chi connectivity index (χ1v) is 5.94. The molecule has 0 aliphatic carbocycles. The SMILES string of the molecule is COC(=O)C1CC(O)CN1C(=O)CCOCC(F)(F)F. The first-order valence-electron chi connectivity index (χ1n) is 5.94. The van der Waals surface area contributed by atoms with Crippen molar-refractivity contribution in [1.82, 2.24) is 4.90 Å². The van der Waals surface area contributed by atoms with Crippen LogP contribution in [0.25, 0.3) is 0 Å². The Morgan fingerprint density at radius 1 is 1.40 bits per heavy atom. The van der Waals surface area contributed by atoms with Gasteiger partial charge in [0.15, 0.2) is 0 Å². The second-order valence-electron chi connectivity index (χ2n) is 4.39. The van der Waals surface area contributed by atoms with Crippen molar-refractivity contribution >= 4 is 11.9 Å². The number of β-amino-alcohol motifs (C(OH)–C–C–N with tert-alkyl or cyclic N) is 1. The molecule has 1 heterocycles. The number of aliphatic hydroxyl groups is 1. The Morgan fingerprint density at radius 3 is 2.60 bits per heavy atom. The third-order valence-electron chi connectivity index (χ3n) is 2.80. The van der Waals surface area contributed by atoms with Gasteiger partial charge in [0.1, 0.15) is 12.6 Å². The van der Waals surface area contributed by atoms with Crippen LogP contribution in [0.3, 0.4) is 0 Å². The summed E-state index contributed by atoms with van der Waals surface area (Å²) in [6.07, 6.45) is -5.53. The standard InChI is InChI=1S/C11H16F3NO5/c1-19-10(18)8-4-7(16)5-15(8)9(17)2-3-20-6-11(12,13)14/h7-8,16H,2-6H2,1H3. The van der Waals surface area contributed by atoms with Crippen molar-refractivity contribution in [3.05, 3.63) is 0 Å². The number of nitrogens with zero attached hydrogens (tertiary/aromatic N) is 1. The summed E-state index contributed by atoms with van der Waals surface area (Å²) in [7, 11) is 1.15. The third-order valence-corrected chi connectivity index (χ3v) is 2.80. The minimum Gasteiger partial charge on any atom is -0.467 e. The summed E-state index contributed by atoms with van der Waals surface area (Å²) < 4.78 is 44.3. The molecule has 0 radical (unpaired) electrons. The number of hydrogen-bond acceptors (Lipinski definition) is 5. The van der Waals surface area contributed by atoms with Crippen molar-refractivity contribution in [3.8, 4) is 0 Å². The van der Waals surface area contributed by atoms with Gasteiger partial charge < -0.3 is 19.5 Å². The number of hydrogen-bond donors (Lipinski definition) is 1. The fraction of sp³-hybridized carbons (Fsp3) is 0.818. The van der Waals surface area contributed by atoms with Gasteiger partial charge in [-0.3, -0.25) is 4.79 Å². The van der Waals surface area contributed by atoms with E-state index in [1.165, 1.54) is 0 Å². The Labute approximate surface area is 113 Å². The lowest BCUT2D eigenvalue weighted by molar-refractivity contribution is -0.175. The predicted octanol–water partition coefficient (Wildman–Crippen LogP) is 0.0902. The molecular formula is C11H16F3NO5. The van der Waals surface area contributed by atoms with Crippen molar-refractivity contribution in [1.29, 1.82) is 0 Å². The summed E-state index contributed by atoms with van der Waals surface area (Å²) in [4.78, 5) is 24.3. The van der Waals surface area contributed by atoms with Crippen LogP contribution in [0.2, 0.25) is 0 Å². The van der Waals surface area contributed by atoms with Crippen LogP contribution >= 0.6 is 0 Å². The summed E-state index contributed by atoms with van der Waals surface area (Å²) in [6.45, 7) is -1.87. The smallest absolute Gasteiger partial charge is 0.411 e. The number of esters is 1. The summed E-state index contributed by atoms with van der Waals surface area (Å²) in [6, 6.07) is -0.898. The van der Waals surface area contributed by atoms with Crippen LogP contribution < -0.4 is 0 Å². The molecule has 1 saturated heterocycles. The first kappa shape index (κ1) is 16.7. The number of aliphatic hydroxyl groups excluding tert-OH is 1. The fourth-order valence-corrected chi connectivity index (χ4v) is 1.94. The molecule has 1 aliphatic rings. The highest BCUT2D eigenvalue weighted by Gasteiger charge is 2.39. The van der Waals surface area contributed by atoms with E-state index in [0.29, 0.717) is 0 Å². The Balaban J connectivity index is 2.43. The quantitative estimate of drug-likeness (QED) is 0.575. The molecule has 0 aromatic rings. The van der Waals surface area contributed by atoms with E-state index in [2.05, 4.69) is 9.47 Å². The van der Waals surface area contributed by atoms with E-state index in [-0.39, 0.29) is 19.4 Å². The predicted molar refractivity (Wildman–Crippen MR) is 59.6 cm³/mol. The lowest BCUT2D eigenvalue weighted by Crippen LogP contribution is -2.41. The zero-order chi connectivity index (χ0) is 15.3. The fourth-order valence-electron chi connectivity index (χ4n) is 1.94. The monoisotopic (exact) mass is 299 g/mol. The van der Waals surface area contributed by atoms with Crippen LogP contribution in [0.1, 0.15) is 12.8 Å². The minimum atomic E-state index is -4.44. The average molecular weight is 299 g/mol. The van der Waals surface area contributed by atoms with Crippen molar-refractivity contribution < 1.29 is 37.3 Å². The highest BCUT2D eigenvalue weighted by Crippen LogP contribution is 2.20. The van der Waals surface area contributed by atoms with Gasteiger partial charge in [0.25, 0.3) is 0 Å². The number of ether oxygens (including phenoxy) is 2. The van der Waals surface area contributed by atoms with E-state index >= 15 is 0 Å². The molecule has 0 bridgehead atoms. The number of rotatable bonds is 5. The summed E-state index contributed by atoms with van der Waals surface area (Å²) in [5.74, 6) is -1.22. The third kappa shape index (κ3) is 4.97. The lowest BCUT2D eigenvalue weighted by atomic mass is 10.2. The second-order valence-corrected chi connectivity index (χ2v) is 4.39. The van der Waals surface area contributed by atoms with E-state index < -0.39 is 43.4 Å². The number of amides is 1. The largest absolute Gasteiger partial charge is 0.467 e. The van der Waals surface area contributed by atoms with Gasteiger partial charge >= 0.3 is 12.1 Å². The molecule has 1 aliphatic heterocycles. The van der Waals surface area contributed by atoms with Crippen LogP contribution in [-0.2, 0) is 19.1 Å². The van der Waals surface area contributed by atoms with Crippen LogP contribution in [0.4, 0.5) is 13.2 Å². The first-order chi connectivity index (χ1) is 9.24. The van der Waals surface area contributed by atoms with Gasteiger partial charge in [-0.1, -0.05) is 0 Å². The van der Waals surface area contributed by atoms with Crippen molar-refractivity contribution in [3.63, 3.8) is 0 Å². The molecule has 20 heavy (non-hydrogen) atoms. The molecule has 0 saturated carbocycles. The Morgan fingerprint density at radius 2 is 2.05 bits per heavy atom. The molecule has 0 spiro atoms. The van der Waals surface area contributed by atoms with Crippen molar-refractivity contribution in [2.24, 2.45) is 0 Å². The summed E-state index contributed by atoms with van der Waals surface area (Å²) in [5, 5.41) is 9.46. The van der Waals surface area contributed by atoms with Crippen LogP contribution in [0.5, 0.6) is 0 Å². The Hall–Kier alpha value is -1.35. The maximum Gasteiger partial charge on any atom is 0.411 e. The van der Waals surface area contributed by atoms with Crippen molar-refractivity contribution in [2.75, 3.05) is 26.9 Å². The van der Waals surface area contributed by atoms with Crippen LogP contribution in [0, 0.1) is 0 Å². The van der Waals surface area contributed by atoms with Gasteiger partial charge in [-0.15, -0.1) is 0 Å². The van der Waals surface area contributed by atoms with E-state index in [4.69, 9.17) is 0 Å². The van der Waals surface area contributed by atoms with Crippen LogP contribution in [0.15, 0.2) is 0 Å². The van der Waals surface area contributed by atoms with Gasteiger partial charge in [0, 0.05) is 13.0 Å². The molecule has 1 amide bonds. The molecule has 1 rings (SSSR count). The van der Waals surface area contributed by atoms with Crippen LogP contribution in [-0.4, -0.2) is 67.1 Å². The zero-order valence-corrected chi connectivity index (χ0v) is 10.9. The number of alkyl halides is 3. The topological polar surface area (TPSA) is 76.1 Å². The molecule has 2 atom stereocenters. The summed E-state index contributed by atoms with van der Waals surface area (Å²) >= 11 is 0. The van der Waals surface area contributed by atoms with Gasteiger partial charge in [0.2, 0.25) is 5.91 Å². The zero-order valence-electron chi connectivity index (χ0n) is 10.9.